The summed E-state index contributed by atoms with van der Waals surface area (Å²) in [5, 5.41) is 10.9. The minimum absolute atomic E-state index is 0.296. The fourth-order valence-corrected chi connectivity index (χ4v) is 6.93. The van der Waals surface area contributed by atoms with Crippen molar-refractivity contribution in [3.63, 3.8) is 0 Å². The van der Waals surface area contributed by atoms with E-state index < -0.39 is 0 Å². The first-order valence-corrected chi connectivity index (χ1v) is 16.3. The molecular weight excluding hydrogens is 850 g/mol. The lowest BCUT2D eigenvalue weighted by molar-refractivity contribution is 0.0955. The summed E-state index contributed by atoms with van der Waals surface area (Å²) in [5.74, 6) is 0.526. The molecule has 0 fully saturated rings. The molecule has 1 heterocycles. The second-order valence-corrected chi connectivity index (χ2v) is 13.2. The predicted octanol–water partition coefficient (Wildman–Crippen LogP) is 9.52. The van der Waals surface area contributed by atoms with Gasteiger partial charge in [-0.15, -0.1) is 11.3 Å². The van der Waals surface area contributed by atoms with E-state index in [1.807, 2.05) is 78.2 Å². The molecule has 6 nitrogen and oxygen atoms in total. The van der Waals surface area contributed by atoms with E-state index in [1.165, 1.54) is 11.3 Å². The number of hydrogen-bond donors (Lipinski definition) is 2. The summed E-state index contributed by atoms with van der Waals surface area (Å²) >= 11 is 15.4. The molecule has 0 bridgehead atoms. The first-order chi connectivity index (χ1) is 19.8. The molecule has 0 atom stereocenters. The van der Waals surface area contributed by atoms with E-state index in [2.05, 4.69) is 81.9 Å². The van der Waals surface area contributed by atoms with Gasteiger partial charge in [-0.1, -0.05) is 51.8 Å². The van der Waals surface area contributed by atoms with Crippen molar-refractivity contribution in [3.8, 4) is 17.0 Å². The van der Waals surface area contributed by atoms with Gasteiger partial charge < -0.3 is 10.1 Å². The highest BCUT2D eigenvalue weighted by atomic mass is 127. The Hall–Kier alpha value is -2.52. The van der Waals surface area contributed by atoms with Gasteiger partial charge in [0, 0.05) is 31.7 Å². The summed E-state index contributed by atoms with van der Waals surface area (Å²) in [4.78, 5) is 17.3. The number of thiazole rings is 1. The van der Waals surface area contributed by atoms with Crippen LogP contribution in [-0.4, -0.2) is 17.1 Å². The van der Waals surface area contributed by atoms with E-state index in [4.69, 9.17) is 16.3 Å². The molecule has 0 unspecified atom stereocenters. The van der Waals surface area contributed by atoms with Crippen LogP contribution in [0.2, 0.25) is 5.02 Å². The van der Waals surface area contributed by atoms with Crippen LogP contribution < -0.4 is 15.5 Å². The molecule has 0 spiro atoms. The van der Waals surface area contributed by atoms with Crippen molar-refractivity contribution in [3.05, 3.63) is 124 Å². The van der Waals surface area contributed by atoms with Gasteiger partial charge in [0.15, 0.2) is 5.13 Å². The summed E-state index contributed by atoms with van der Waals surface area (Å²) in [6.45, 7) is 0.478. The van der Waals surface area contributed by atoms with E-state index in [1.54, 1.807) is 18.3 Å². The number of nitrogens with zero attached hydrogens (tertiary/aromatic N) is 2. The summed E-state index contributed by atoms with van der Waals surface area (Å²) in [6, 6.07) is 26.7. The lowest BCUT2D eigenvalue weighted by Crippen LogP contribution is -2.17. The molecular formula is C30H20BrClI2N4O2S. The summed E-state index contributed by atoms with van der Waals surface area (Å²) in [5.41, 5.74) is 7.70. The monoisotopic (exact) mass is 868 g/mol. The highest BCUT2D eigenvalue weighted by molar-refractivity contribution is 14.1. The van der Waals surface area contributed by atoms with E-state index in [-0.39, 0.29) is 5.91 Å². The van der Waals surface area contributed by atoms with Crippen LogP contribution in [0, 0.1) is 7.14 Å². The van der Waals surface area contributed by atoms with Crippen LogP contribution in [0.15, 0.2) is 99.9 Å². The highest BCUT2D eigenvalue weighted by Crippen LogP contribution is 2.30. The maximum absolute atomic E-state index is 12.7. The predicted molar refractivity (Wildman–Crippen MR) is 188 cm³/mol. The number of ether oxygens (including phenoxy) is 1. The Morgan fingerprint density at radius 1 is 1.00 bits per heavy atom. The molecule has 4 aromatic carbocycles. The van der Waals surface area contributed by atoms with Gasteiger partial charge in [-0.3, -0.25) is 4.79 Å². The molecule has 5 rings (SSSR count). The van der Waals surface area contributed by atoms with Crippen molar-refractivity contribution in [1.82, 2.24) is 10.4 Å². The Labute approximate surface area is 282 Å². The normalized spacial score (nSPS) is 11.0. The Kier molecular flexibility index (Phi) is 10.3. The maximum atomic E-state index is 12.7. The average molecular weight is 870 g/mol. The molecule has 0 radical (unpaired) electrons. The molecule has 206 valence electrons. The van der Waals surface area contributed by atoms with Gasteiger partial charge in [-0.05, 0) is 117 Å². The van der Waals surface area contributed by atoms with Crippen LogP contribution in [0.25, 0.3) is 11.3 Å². The number of carbonyl (C=O) groups excluding carboxylic acids is 1. The summed E-state index contributed by atoms with van der Waals surface area (Å²) in [6.07, 6.45) is 1.62. The number of amides is 1. The Morgan fingerprint density at radius 2 is 1.68 bits per heavy atom. The number of halogens is 4. The van der Waals surface area contributed by atoms with Crippen LogP contribution in [0.4, 0.5) is 10.8 Å². The van der Waals surface area contributed by atoms with E-state index >= 15 is 0 Å². The third kappa shape index (κ3) is 8.28. The Balaban J connectivity index is 1.16. The molecule has 0 saturated carbocycles. The quantitative estimate of drug-likeness (QED) is 0.0880. The van der Waals surface area contributed by atoms with Crippen LogP contribution in [-0.2, 0) is 6.61 Å². The first-order valence-electron chi connectivity index (χ1n) is 12.1. The number of carbonyl (C=O) groups is 1. The molecule has 1 amide bonds. The molecule has 0 aliphatic heterocycles. The topological polar surface area (TPSA) is 75.6 Å². The van der Waals surface area contributed by atoms with Crippen LogP contribution in [0.5, 0.6) is 5.75 Å². The lowest BCUT2D eigenvalue weighted by atomic mass is 10.1. The highest BCUT2D eigenvalue weighted by Gasteiger charge is 2.11. The van der Waals surface area contributed by atoms with Crippen molar-refractivity contribution in [2.75, 3.05) is 5.32 Å². The number of hydrazone groups is 1. The molecule has 41 heavy (non-hydrogen) atoms. The zero-order valence-corrected chi connectivity index (χ0v) is 28.5. The SMILES string of the molecule is O=C(N/N=C\c1cc(I)c(OCc2ccc(Br)cc2)c(I)c1)c1ccc(-c2csc(Nc3ccc(Cl)cc3)n2)cc1. The number of hydrogen-bond acceptors (Lipinski definition) is 6. The van der Waals surface area contributed by atoms with Crippen molar-refractivity contribution >= 4 is 107 Å². The molecule has 5 aromatic rings. The maximum Gasteiger partial charge on any atom is 0.271 e. The van der Waals surface area contributed by atoms with Gasteiger partial charge in [-0.25, -0.2) is 10.4 Å². The zero-order valence-electron chi connectivity index (χ0n) is 21.1. The number of nitrogens with one attached hydrogen (secondary N) is 2. The average Bonchev–Trinajstić information content (AvgIpc) is 3.43. The van der Waals surface area contributed by atoms with Crippen LogP contribution >= 0.6 is 84.0 Å². The summed E-state index contributed by atoms with van der Waals surface area (Å²) < 4.78 is 9.02. The van der Waals surface area contributed by atoms with Gasteiger partial charge in [-0.2, -0.15) is 5.10 Å². The molecule has 0 aliphatic rings. The van der Waals surface area contributed by atoms with E-state index in [9.17, 15) is 4.79 Å². The second kappa shape index (κ2) is 14.1. The first kappa shape index (κ1) is 30.0. The molecule has 1 aromatic heterocycles. The fourth-order valence-electron chi connectivity index (χ4n) is 3.67. The number of benzene rings is 4. The van der Waals surface area contributed by atoms with Gasteiger partial charge in [0.25, 0.3) is 5.91 Å². The lowest BCUT2D eigenvalue weighted by Gasteiger charge is -2.11. The number of aromatic nitrogens is 1. The van der Waals surface area contributed by atoms with Crippen LogP contribution in [0.3, 0.4) is 0 Å². The summed E-state index contributed by atoms with van der Waals surface area (Å²) in [7, 11) is 0. The molecule has 11 heteroatoms. The van der Waals surface area contributed by atoms with E-state index in [0.717, 1.165) is 50.6 Å². The Bertz CT molecular complexity index is 1670. The Morgan fingerprint density at radius 3 is 2.37 bits per heavy atom. The number of rotatable bonds is 9. The van der Waals surface area contributed by atoms with Crippen molar-refractivity contribution in [1.29, 1.82) is 0 Å². The smallest absolute Gasteiger partial charge is 0.271 e. The molecule has 0 saturated heterocycles. The fraction of sp³-hybridized carbons (Fsp3) is 0.0333. The van der Waals surface area contributed by atoms with Crippen molar-refractivity contribution in [2.45, 2.75) is 6.61 Å². The third-order valence-electron chi connectivity index (χ3n) is 5.74. The largest absolute Gasteiger partial charge is 0.487 e. The van der Waals surface area contributed by atoms with Crippen molar-refractivity contribution < 1.29 is 9.53 Å². The minimum atomic E-state index is -0.296. The van der Waals surface area contributed by atoms with E-state index in [0.29, 0.717) is 17.2 Å². The molecule has 0 aliphatic carbocycles. The minimum Gasteiger partial charge on any atom is -0.487 e. The molecule has 2 N–H and O–H groups in total. The van der Waals surface area contributed by atoms with Crippen molar-refractivity contribution in [2.24, 2.45) is 5.10 Å². The third-order valence-corrected chi connectivity index (χ3v) is 8.88. The number of anilines is 2. The second-order valence-electron chi connectivity index (χ2n) is 8.68. The zero-order chi connectivity index (χ0) is 28.8. The standard InChI is InChI=1S/C30H20BrClI2N4O2S/c31-22-7-1-18(2-8-22)16-40-28-25(33)13-19(14-26(28)34)15-35-38-29(39)21-5-3-20(4-6-21)27-17-41-30(37-27)36-24-11-9-23(32)10-12-24/h1-15,17H,16H2,(H,36,37)(H,38,39)/b35-15-. The van der Waals surface area contributed by atoms with Gasteiger partial charge in [0.05, 0.1) is 19.0 Å². The van der Waals surface area contributed by atoms with Gasteiger partial charge >= 0.3 is 0 Å². The van der Waals surface area contributed by atoms with Gasteiger partial charge in [0.2, 0.25) is 0 Å². The van der Waals surface area contributed by atoms with Gasteiger partial charge in [0.1, 0.15) is 12.4 Å². The van der Waals surface area contributed by atoms with Crippen LogP contribution in [0.1, 0.15) is 21.5 Å².